The summed E-state index contributed by atoms with van der Waals surface area (Å²) in [5.41, 5.74) is 0.637. The van der Waals surface area contributed by atoms with Crippen LogP contribution in [0.3, 0.4) is 0 Å². The average molecular weight is 154 g/mol. The number of hydrogen-bond acceptors (Lipinski definition) is 0. The average Bonchev–Trinajstić information content (AvgIpc) is 1.95. The zero-order valence-electron chi connectivity index (χ0n) is 8.48. The summed E-state index contributed by atoms with van der Waals surface area (Å²) in [5.74, 6) is 1.80. The molecule has 0 nitrogen and oxygen atoms in total. The van der Waals surface area contributed by atoms with E-state index < -0.39 is 0 Å². The molecule has 2 unspecified atom stereocenters. The Labute approximate surface area is 71.4 Å². The molecule has 0 amide bonds. The predicted octanol–water partition coefficient (Wildman–Crippen LogP) is 3.86. The normalized spacial score (nSPS) is 39.5. The Hall–Kier alpha value is 0. The van der Waals surface area contributed by atoms with Gasteiger partial charge in [0.25, 0.3) is 0 Å². The van der Waals surface area contributed by atoms with E-state index in [0.717, 1.165) is 11.8 Å². The highest BCUT2D eigenvalue weighted by molar-refractivity contribution is 4.86. The molecule has 66 valence electrons. The highest BCUT2D eigenvalue weighted by atomic mass is 14.4. The van der Waals surface area contributed by atoms with Crippen molar-refractivity contribution in [3.63, 3.8) is 0 Å². The first kappa shape index (κ1) is 9.09. The van der Waals surface area contributed by atoms with Gasteiger partial charge in [0.1, 0.15) is 0 Å². The number of rotatable bonds is 1. The van der Waals surface area contributed by atoms with Crippen LogP contribution in [-0.4, -0.2) is 0 Å². The summed E-state index contributed by atoms with van der Waals surface area (Å²) in [6.07, 6.45) is 5.82. The molecule has 1 saturated carbocycles. The van der Waals surface area contributed by atoms with E-state index in [1.807, 2.05) is 0 Å². The van der Waals surface area contributed by atoms with E-state index in [0.29, 0.717) is 5.41 Å². The second-order valence-electron chi connectivity index (χ2n) is 4.81. The van der Waals surface area contributed by atoms with E-state index in [-0.39, 0.29) is 0 Å². The molecule has 1 aliphatic carbocycles. The van der Waals surface area contributed by atoms with E-state index in [9.17, 15) is 0 Å². The molecule has 0 aromatic rings. The van der Waals surface area contributed by atoms with Crippen molar-refractivity contribution in [1.82, 2.24) is 0 Å². The lowest BCUT2D eigenvalue weighted by Gasteiger charge is -2.43. The molecule has 0 aromatic heterocycles. The third-order valence-corrected chi connectivity index (χ3v) is 4.05. The van der Waals surface area contributed by atoms with Crippen LogP contribution in [0.25, 0.3) is 0 Å². The quantitative estimate of drug-likeness (QED) is 0.538. The molecule has 1 rings (SSSR count). The fourth-order valence-electron chi connectivity index (χ4n) is 2.39. The van der Waals surface area contributed by atoms with Gasteiger partial charge in [0.05, 0.1) is 0 Å². The van der Waals surface area contributed by atoms with Gasteiger partial charge in [0.15, 0.2) is 0 Å². The Morgan fingerprint density at radius 3 is 2.27 bits per heavy atom. The van der Waals surface area contributed by atoms with Crippen LogP contribution in [0.15, 0.2) is 0 Å². The molecule has 0 bridgehead atoms. The lowest BCUT2D eigenvalue weighted by molar-refractivity contribution is 0.0726. The lowest BCUT2D eigenvalue weighted by Crippen LogP contribution is -2.33. The van der Waals surface area contributed by atoms with Gasteiger partial charge in [-0.1, -0.05) is 47.0 Å². The first-order chi connectivity index (χ1) is 5.07. The van der Waals surface area contributed by atoms with Crippen molar-refractivity contribution < 1.29 is 0 Å². The van der Waals surface area contributed by atoms with Crippen molar-refractivity contribution in [2.75, 3.05) is 0 Å². The highest BCUT2D eigenvalue weighted by Crippen LogP contribution is 2.45. The van der Waals surface area contributed by atoms with Crippen LogP contribution in [0.5, 0.6) is 0 Å². The van der Waals surface area contributed by atoms with Crippen LogP contribution in [0.1, 0.15) is 53.4 Å². The first-order valence-corrected chi connectivity index (χ1v) is 5.07. The van der Waals surface area contributed by atoms with E-state index in [1.54, 1.807) is 0 Å². The van der Waals surface area contributed by atoms with Crippen LogP contribution in [0.4, 0.5) is 0 Å². The van der Waals surface area contributed by atoms with Crippen molar-refractivity contribution >= 4 is 0 Å². The molecule has 0 saturated heterocycles. The Kier molecular flexibility index (Phi) is 2.61. The minimum absolute atomic E-state index is 0.637. The molecule has 1 aliphatic rings. The maximum Gasteiger partial charge on any atom is -0.0277 e. The van der Waals surface area contributed by atoms with Gasteiger partial charge >= 0.3 is 0 Å². The second-order valence-corrected chi connectivity index (χ2v) is 4.81. The molecule has 1 fully saturated rings. The smallest absolute Gasteiger partial charge is 0.0277 e. The monoisotopic (exact) mass is 154 g/mol. The van der Waals surface area contributed by atoms with Crippen LogP contribution >= 0.6 is 0 Å². The van der Waals surface area contributed by atoms with E-state index in [2.05, 4.69) is 27.7 Å². The maximum atomic E-state index is 2.47. The molecule has 0 aliphatic heterocycles. The van der Waals surface area contributed by atoms with Crippen LogP contribution in [-0.2, 0) is 0 Å². The summed E-state index contributed by atoms with van der Waals surface area (Å²) in [6.45, 7) is 9.66. The van der Waals surface area contributed by atoms with Crippen molar-refractivity contribution in [3.8, 4) is 0 Å². The van der Waals surface area contributed by atoms with Gasteiger partial charge in [0.2, 0.25) is 0 Å². The van der Waals surface area contributed by atoms with E-state index in [4.69, 9.17) is 0 Å². The van der Waals surface area contributed by atoms with Gasteiger partial charge in [-0.2, -0.15) is 0 Å². The molecular formula is C11H22. The van der Waals surface area contributed by atoms with Crippen LogP contribution in [0, 0.1) is 17.3 Å². The predicted molar refractivity (Wildman–Crippen MR) is 50.6 cm³/mol. The van der Waals surface area contributed by atoms with Gasteiger partial charge in [-0.3, -0.25) is 0 Å². The molecule has 0 spiro atoms. The van der Waals surface area contributed by atoms with Crippen LogP contribution in [0.2, 0.25) is 0 Å². The summed E-state index contributed by atoms with van der Waals surface area (Å²) in [4.78, 5) is 0. The van der Waals surface area contributed by atoms with Gasteiger partial charge in [-0.05, 0) is 23.7 Å². The minimum Gasteiger partial charge on any atom is -0.0622 e. The molecule has 0 N–H and O–H groups in total. The van der Waals surface area contributed by atoms with Gasteiger partial charge in [0, 0.05) is 0 Å². The molecular weight excluding hydrogens is 132 g/mol. The molecule has 11 heavy (non-hydrogen) atoms. The molecule has 0 radical (unpaired) electrons. The molecule has 0 aromatic carbocycles. The zero-order chi connectivity index (χ0) is 8.48. The summed E-state index contributed by atoms with van der Waals surface area (Å²) >= 11 is 0. The topological polar surface area (TPSA) is 0 Å². The summed E-state index contributed by atoms with van der Waals surface area (Å²) in [5, 5.41) is 0. The number of hydrogen-bond donors (Lipinski definition) is 0. The van der Waals surface area contributed by atoms with Crippen molar-refractivity contribution in [1.29, 1.82) is 0 Å². The zero-order valence-corrected chi connectivity index (χ0v) is 8.48. The minimum atomic E-state index is 0.637. The third kappa shape index (κ3) is 1.60. The SMILES string of the molecule is CC(C)C1(C)CCCCC1C. The Bertz CT molecular complexity index is 126. The standard InChI is InChI=1S/C11H22/c1-9(2)11(4)8-6-5-7-10(11)3/h9-10H,5-8H2,1-4H3. The van der Waals surface area contributed by atoms with Gasteiger partial charge < -0.3 is 0 Å². The summed E-state index contributed by atoms with van der Waals surface area (Å²) in [6, 6.07) is 0. The summed E-state index contributed by atoms with van der Waals surface area (Å²) in [7, 11) is 0. The third-order valence-electron chi connectivity index (χ3n) is 4.05. The molecule has 2 atom stereocenters. The molecule has 0 heteroatoms. The highest BCUT2D eigenvalue weighted by Gasteiger charge is 2.35. The summed E-state index contributed by atoms with van der Waals surface area (Å²) < 4.78 is 0. The van der Waals surface area contributed by atoms with Crippen LogP contribution < -0.4 is 0 Å². The molecule has 0 heterocycles. The van der Waals surface area contributed by atoms with Gasteiger partial charge in [-0.15, -0.1) is 0 Å². The second kappa shape index (κ2) is 3.16. The van der Waals surface area contributed by atoms with E-state index in [1.165, 1.54) is 25.7 Å². The fourth-order valence-corrected chi connectivity index (χ4v) is 2.39. The Morgan fingerprint density at radius 2 is 1.91 bits per heavy atom. The lowest BCUT2D eigenvalue weighted by atomic mass is 9.62. The Morgan fingerprint density at radius 1 is 1.27 bits per heavy atom. The first-order valence-electron chi connectivity index (χ1n) is 5.07. The van der Waals surface area contributed by atoms with Crippen molar-refractivity contribution in [2.24, 2.45) is 17.3 Å². The largest absolute Gasteiger partial charge is 0.0622 e. The van der Waals surface area contributed by atoms with Crippen molar-refractivity contribution in [2.45, 2.75) is 53.4 Å². The Balaban J connectivity index is 2.64. The fraction of sp³-hybridized carbons (Fsp3) is 1.00. The maximum absolute atomic E-state index is 2.47. The van der Waals surface area contributed by atoms with Crippen molar-refractivity contribution in [3.05, 3.63) is 0 Å². The van der Waals surface area contributed by atoms with E-state index >= 15 is 0 Å². The van der Waals surface area contributed by atoms with Gasteiger partial charge in [-0.25, -0.2) is 0 Å².